The zero-order valence-corrected chi connectivity index (χ0v) is 13.3. The van der Waals surface area contributed by atoms with Crippen molar-refractivity contribution in [3.63, 3.8) is 0 Å². The van der Waals surface area contributed by atoms with Gasteiger partial charge in [0.2, 0.25) is 5.91 Å². The van der Waals surface area contributed by atoms with Crippen LogP contribution >= 0.6 is 0 Å². The van der Waals surface area contributed by atoms with Crippen molar-refractivity contribution in [3.8, 4) is 0 Å². The Bertz CT molecular complexity index is 617. The quantitative estimate of drug-likeness (QED) is 0.789. The Morgan fingerprint density at radius 3 is 2.75 bits per heavy atom. The lowest BCUT2D eigenvalue weighted by molar-refractivity contribution is -0.137. The first-order chi connectivity index (χ1) is 11.3. The average molecular weight is 343 g/mol. The largest absolute Gasteiger partial charge is 0.416 e. The van der Waals surface area contributed by atoms with E-state index in [1.54, 1.807) is 6.92 Å². The van der Waals surface area contributed by atoms with Crippen LogP contribution in [0.3, 0.4) is 0 Å². The Morgan fingerprint density at radius 2 is 2.08 bits per heavy atom. The summed E-state index contributed by atoms with van der Waals surface area (Å²) in [4.78, 5) is 23.6. The second-order valence-electron chi connectivity index (χ2n) is 5.81. The molecule has 0 radical (unpaired) electrons. The first kappa shape index (κ1) is 18.1. The molecule has 2 rings (SSSR count). The van der Waals surface area contributed by atoms with Crippen molar-refractivity contribution in [3.05, 3.63) is 34.9 Å². The molecule has 1 fully saturated rings. The van der Waals surface area contributed by atoms with Crippen LogP contribution in [0.5, 0.6) is 0 Å². The minimum absolute atomic E-state index is 0.0874. The predicted molar refractivity (Wildman–Crippen MR) is 82.2 cm³/mol. The first-order valence-electron chi connectivity index (χ1n) is 7.76. The van der Waals surface area contributed by atoms with Gasteiger partial charge in [0.1, 0.15) is 6.04 Å². The molecule has 0 saturated carbocycles. The van der Waals surface area contributed by atoms with Gasteiger partial charge < -0.3 is 16.0 Å². The molecular weight excluding hydrogens is 323 g/mol. The van der Waals surface area contributed by atoms with Crippen molar-refractivity contribution in [2.24, 2.45) is 0 Å². The molecule has 0 aromatic heterocycles. The van der Waals surface area contributed by atoms with Crippen molar-refractivity contribution in [2.75, 3.05) is 6.54 Å². The molecule has 8 heteroatoms. The number of carbonyl (C=O) groups excluding carboxylic acids is 2. The van der Waals surface area contributed by atoms with Crippen molar-refractivity contribution in [1.29, 1.82) is 0 Å². The van der Waals surface area contributed by atoms with Crippen LogP contribution < -0.4 is 16.0 Å². The van der Waals surface area contributed by atoms with E-state index in [9.17, 15) is 22.8 Å². The molecule has 3 amide bonds. The van der Waals surface area contributed by atoms with E-state index in [1.165, 1.54) is 6.07 Å². The standard InChI is InChI=1S/C16H20F3N3O2/c1-10-8-12(16(17,18)19)6-5-11(10)9-21-15(24)22-13-4-2-3-7-20-14(13)23/h5-6,8,13H,2-4,7,9H2,1H3,(H,20,23)(H2,21,22,24). The van der Waals surface area contributed by atoms with Crippen LogP contribution in [0.1, 0.15) is 36.0 Å². The van der Waals surface area contributed by atoms with Crippen molar-refractivity contribution in [2.45, 2.75) is 44.9 Å². The topological polar surface area (TPSA) is 70.2 Å². The van der Waals surface area contributed by atoms with Crippen LogP contribution in [0.2, 0.25) is 0 Å². The molecule has 0 spiro atoms. The molecule has 3 N–H and O–H groups in total. The van der Waals surface area contributed by atoms with Crippen LogP contribution in [0, 0.1) is 6.92 Å². The molecule has 1 aromatic carbocycles. The number of amides is 3. The Labute approximate surface area is 138 Å². The lowest BCUT2D eigenvalue weighted by atomic mass is 10.0. The summed E-state index contributed by atoms with van der Waals surface area (Å²) in [6.07, 6.45) is -2.11. The van der Waals surface area contributed by atoms with Crippen LogP contribution in [0.25, 0.3) is 0 Å². The maximum absolute atomic E-state index is 12.6. The maximum Gasteiger partial charge on any atom is 0.416 e. The molecule has 1 atom stereocenters. The number of halogens is 3. The molecule has 1 aliphatic heterocycles. The van der Waals surface area contributed by atoms with E-state index in [1.807, 2.05) is 0 Å². The number of hydrogen-bond acceptors (Lipinski definition) is 2. The number of alkyl halides is 3. The van der Waals surface area contributed by atoms with E-state index in [2.05, 4.69) is 16.0 Å². The Kier molecular flexibility index (Phi) is 5.69. The SMILES string of the molecule is Cc1cc(C(F)(F)F)ccc1CNC(=O)NC1CCCCNC1=O. The average Bonchev–Trinajstić information content (AvgIpc) is 2.70. The highest BCUT2D eigenvalue weighted by Crippen LogP contribution is 2.30. The van der Waals surface area contributed by atoms with Crippen LogP contribution in [-0.2, 0) is 17.5 Å². The molecule has 5 nitrogen and oxygen atoms in total. The molecule has 1 unspecified atom stereocenters. The van der Waals surface area contributed by atoms with E-state index in [0.717, 1.165) is 25.0 Å². The minimum atomic E-state index is -4.39. The number of rotatable bonds is 3. The Hall–Kier alpha value is -2.25. The number of aryl methyl sites for hydroxylation is 1. The number of benzene rings is 1. The second kappa shape index (κ2) is 7.55. The highest BCUT2D eigenvalue weighted by Gasteiger charge is 2.30. The zero-order valence-electron chi connectivity index (χ0n) is 13.3. The summed E-state index contributed by atoms with van der Waals surface area (Å²) < 4.78 is 37.9. The normalized spacial score (nSPS) is 18.5. The zero-order chi connectivity index (χ0) is 17.7. The number of carbonyl (C=O) groups is 2. The summed E-state index contributed by atoms with van der Waals surface area (Å²) in [5.74, 6) is -0.214. The van der Waals surface area contributed by atoms with E-state index < -0.39 is 23.8 Å². The fourth-order valence-electron chi connectivity index (χ4n) is 2.53. The molecule has 1 aromatic rings. The second-order valence-corrected chi connectivity index (χ2v) is 5.81. The third-order valence-electron chi connectivity index (χ3n) is 3.95. The third kappa shape index (κ3) is 4.87. The van der Waals surface area contributed by atoms with Crippen LogP contribution in [-0.4, -0.2) is 24.5 Å². The van der Waals surface area contributed by atoms with Gasteiger partial charge in [0.15, 0.2) is 0 Å². The van der Waals surface area contributed by atoms with E-state index in [0.29, 0.717) is 24.1 Å². The molecular formula is C16H20F3N3O2. The van der Waals surface area contributed by atoms with Crippen molar-refractivity contribution < 1.29 is 22.8 Å². The van der Waals surface area contributed by atoms with Gasteiger partial charge in [-0.3, -0.25) is 4.79 Å². The molecule has 0 bridgehead atoms. The van der Waals surface area contributed by atoms with Crippen molar-refractivity contribution in [1.82, 2.24) is 16.0 Å². The fourth-order valence-corrected chi connectivity index (χ4v) is 2.53. The molecule has 132 valence electrons. The number of nitrogens with one attached hydrogen (secondary N) is 3. The van der Waals surface area contributed by atoms with Gasteiger partial charge in [-0.15, -0.1) is 0 Å². The van der Waals surface area contributed by atoms with Crippen LogP contribution in [0.15, 0.2) is 18.2 Å². The monoisotopic (exact) mass is 343 g/mol. The summed E-state index contributed by atoms with van der Waals surface area (Å²) in [5, 5.41) is 7.88. The maximum atomic E-state index is 12.6. The van der Waals surface area contributed by atoms with Crippen molar-refractivity contribution >= 4 is 11.9 Å². The van der Waals surface area contributed by atoms with E-state index in [4.69, 9.17) is 0 Å². The molecule has 0 aliphatic carbocycles. The highest BCUT2D eigenvalue weighted by atomic mass is 19.4. The minimum Gasteiger partial charge on any atom is -0.354 e. The third-order valence-corrected chi connectivity index (χ3v) is 3.95. The Balaban J connectivity index is 1.90. The highest BCUT2D eigenvalue weighted by molar-refractivity contribution is 5.87. The number of urea groups is 1. The van der Waals surface area contributed by atoms with Gasteiger partial charge in [0.25, 0.3) is 0 Å². The molecule has 24 heavy (non-hydrogen) atoms. The number of hydrogen-bond donors (Lipinski definition) is 3. The fraction of sp³-hybridized carbons (Fsp3) is 0.500. The summed E-state index contributed by atoms with van der Waals surface area (Å²) in [7, 11) is 0. The molecule has 1 heterocycles. The first-order valence-corrected chi connectivity index (χ1v) is 7.76. The van der Waals surface area contributed by atoms with E-state index in [-0.39, 0.29) is 12.5 Å². The lowest BCUT2D eigenvalue weighted by Gasteiger charge is -2.16. The lowest BCUT2D eigenvalue weighted by Crippen LogP contribution is -2.48. The summed E-state index contributed by atoms with van der Waals surface area (Å²) in [5.41, 5.74) is 0.309. The molecule has 1 saturated heterocycles. The van der Waals surface area contributed by atoms with E-state index >= 15 is 0 Å². The van der Waals surface area contributed by atoms with Gasteiger partial charge in [-0.2, -0.15) is 13.2 Å². The molecule has 1 aliphatic rings. The summed E-state index contributed by atoms with van der Waals surface area (Å²) >= 11 is 0. The van der Waals surface area contributed by atoms with Gasteiger partial charge in [-0.05, 0) is 49.4 Å². The van der Waals surface area contributed by atoms with Gasteiger partial charge in [-0.25, -0.2) is 4.79 Å². The van der Waals surface area contributed by atoms with Gasteiger partial charge in [0, 0.05) is 13.1 Å². The Morgan fingerprint density at radius 1 is 1.33 bits per heavy atom. The smallest absolute Gasteiger partial charge is 0.354 e. The summed E-state index contributed by atoms with van der Waals surface area (Å²) in [6.45, 7) is 2.25. The summed E-state index contributed by atoms with van der Waals surface area (Å²) in [6, 6.07) is 2.28. The van der Waals surface area contributed by atoms with Gasteiger partial charge in [-0.1, -0.05) is 6.07 Å². The van der Waals surface area contributed by atoms with Gasteiger partial charge in [0.05, 0.1) is 5.56 Å². The van der Waals surface area contributed by atoms with Gasteiger partial charge >= 0.3 is 12.2 Å². The predicted octanol–water partition coefficient (Wildman–Crippen LogP) is 2.48. The van der Waals surface area contributed by atoms with Crippen LogP contribution in [0.4, 0.5) is 18.0 Å².